The largest absolute Gasteiger partial charge is 0.470 e. The Kier molecular flexibility index (Phi) is 12.0. The Bertz CT molecular complexity index is 2150. The summed E-state index contributed by atoms with van der Waals surface area (Å²) in [6.45, 7) is 4.89. The molecule has 61 heavy (non-hydrogen) atoms. The number of benzene rings is 2. The second kappa shape index (κ2) is 17.4. The molecule has 16 heteroatoms. The number of aliphatic hydroxyl groups is 2. The fourth-order valence-corrected chi connectivity index (χ4v) is 9.22. The Hall–Kier alpha value is -5.62. The van der Waals surface area contributed by atoms with Gasteiger partial charge in [-0.1, -0.05) is 80.2 Å². The van der Waals surface area contributed by atoms with Crippen LogP contribution in [0.3, 0.4) is 0 Å². The predicted octanol–water partition coefficient (Wildman–Crippen LogP) is 4.04. The number of aromatic nitrogens is 2. The van der Waals surface area contributed by atoms with Crippen LogP contribution in [-0.2, 0) is 32.3 Å². The number of ether oxygens (including phenoxy) is 4. The highest BCUT2D eigenvalue weighted by atomic mass is 16.5. The maximum atomic E-state index is 13.4. The van der Waals surface area contributed by atoms with Crippen molar-refractivity contribution in [3.8, 4) is 11.8 Å². The van der Waals surface area contributed by atoms with Crippen molar-refractivity contribution in [2.24, 2.45) is 11.8 Å². The Balaban J connectivity index is 0.000000166. The number of morpholine rings is 2. The number of hydrogen-bond donors (Lipinski definition) is 2. The lowest BCUT2D eigenvalue weighted by Gasteiger charge is -2.46. The van der Waals surface area contributed by atoms with Crippen LogP contribution in [0.5, 0.6) is 11.8 Å². The molecular weight excluding hydrogens is 789 g/mol. The zero-order chi connectivity index (χ0) is 41.4. The molecule has 320 valence electrons. The number of rotatable bonds is 8. The van der Waals surface area contributed by atoms with Gasteiger partial charge in [0.25, 0.3) is 11.8 Å². The van der Waals surface area contributed by atoms with Gasteiger partial charge in [-0.15, -0.1) is 0 Å². The zero-order valence-corrected chi connectivity index (χ0v) is 32.6. The topological polar surface area (TPSA) is 204 Å². The fraction of sp³-hybridized carbons (Fsp3) is 0.422. The first-order valence-corrected chi connectivity index (χ1v) is 20.1. The Labute approximate surface area is 351 Å². The minimum atomic E-state index is -2.15. The van der Waals surface area contributed by atoms with Crippen LogP contribution in [0.4, 0.5) is 0 Å². The van der Waals surface area contributed by atoms with E-state index in [0.29, 0.717) is 77.0 Å². The summed E-state index contributed by atoms with van der Waals surface area (Å²) in [6, 6.07) is 18.0. The highest BCUT2D eigenvalue weighted by molar-refractivity contribution is 6.24. The minimum Gasteiger partial charge on any atom is -0.470 e. The van der Waals surface area contributed by atoms with Crippen LogP contribution in [0.1, 0.15) is 75.7 Å². The molecule has 0 amide bonds. The van der Waals surface area contributed by atoms with E-state index in [1.54, 1.807) is 12.2 Å². The van der Waals surface area contributed by atoms with Crippen molar-refractivity contribution in [2.45, 2.75) is 56.8 Å². The molecule has 0 radical (unpaired) electrons. The summed E-state index contributed by atoms with van der Waals surface area (Å²) < 4.78 is 33.7. The molecule has 0 saturated carbocycles. The van der Waals surface area contributed by atoms with Crippen LogP contribution in [0.15, 0.2) is 94.0 Å². The van der Waals surface area contributed by atoms with Crippen molar-refractivity contribution >= 4 is 23.1 Å². The molecule has 2 aliphatic heterocycles. The Morgan fingerprint density at radius 2 is 0.984 bits per heavy atom. The number of ketones is 4. The van der Waals surface area contributed by atoms with Crippen LogP contribution in [0, 0.1) is 11.8 Å². The van der Waals surface area contributed by atoms with Crippen molar-refractivity contribution in [1.29, 1.82) is 0 Å². The van der Waals surface area contributed by atoms with Crippen LogP contribution in [0.2, 0.25) is 0 Å². The molecule has 0 bridgehead atoms. The SMILES string of the molecule is C.O=C1C=CCC2[C@H](N3CCOCC3)c3onc(OCc4ccccc4)c3C(=O)[C@@]12O.O=C1C=CCC2[C@H](N3CCOCC3)c3onc(OCc4ccccc4)c3C(=O)[C@]12O. The van der Waals surface area contributed by atoms with Crippen molar-refractivity contribution in [3.63, 3.8) is 0 Å². The lowest BCUT2D eigenvalue weighted by Crippen LogP contribution is -2.61. The van der Waals surface area contributed by atoms with E-state index in [4.69, 9.17) is 28.0 Å². The molecule has 16 nitrogen and oxygen atoms in total. The zero-order valence-electron chi connectivity index (χ0n) is 32.6. The molecule has 4 aliphatic carbocycles. The van der Waals surface area contributed by atoms with E-state index in [9.17, 15) is 29.4 Å². The highest BCUT2D eigenvalue weighted by Crippen LogP contribution is 2.52. The van der Waals surface area contributed by atoms with Crippen molar-refractivity contribution in [2.75, 3.05) is 52.6 Å². The van der Waals surface area contributed by atoms with E-state index in [0.717, 1.165) is 11.1 Å². The molecular formula is C45H48N4O12. The van der Waals surface area contributed by atoms with Gasteiger partial charge in [0.1, 0.15) is 24.3 Å². The van der Waals surface area contributed by atoms with Gasteiger partial charge in [-0.2, -0.15) is 0 Å². The number of Topliss-reactive ketones (excluding diaryl/α,β-unsaturated/α-hetero) is 2. The van der Waals surface area contributed by atoms with Crippen LogP contribution in [0.25, 0.3) is 0 Å². The molecule has 4 aromatic rings. The highest BCUT2D eigenvalue weighted by Gasteiger charge is 2.63. The molecule has 0 spiro atoms. The third-order valence-corrected chi connectivity index (χ3v) is 12.3. The molecule has 2 N–H and O–H groups in total. The molecule has 4 heterocycles. The van der Waals surface area contributed by atoms with Gasteiger partial charge in [-0.25, -0.2) is 0 Å². The molecule has 2 aromatic heterocycles. The minimum absolute atomic E-state index is 0. The first-order chi connectivity index (χ1) is 29.2. The number of hydrogen-bond acceptors (Lipinski definition) is 16. The van der Waals surface area contributed by atoms with Crippen LogP contribution >= 0.6 is 0 Å². The lowest BCUT2D eigenvalue weighted by atomic mass is 9.65. The van der Waals surface area contributed by atoms with Crippen LogP contribution in [-0.4, -0.2) is 117 Å². The molecule has 6 aliphatic rings. The quantitative estimate of drug-likeness (QED) is 0.241. The summed E-state index contributed by atoms with van der Waals surface area (Å²) in [7, 11) is 0. The summed E-state index contributed by atoms with van der Waals surface area (Å²) in [5, 5.41) is 30.7. The van der Waals surface area contributed by atoms with Gasteiger partial charge in [-0.05, 0) is 46.4 Å². The van der Waals surface area contributed by atoms with E-state index < -0.39 is 58.3 Å². The van der Waals surface area contributed by atoms with Gasteiger partial charge in [0.15, 0.2) is 34.3 Å². The molecule has 2 fully saturated rings. The molecule has 6 atom stereocenters. The van der Waals surface area contributed by atoms with Crippen LogP contribution < -0.4 is 9.47 Å². The molecule has 2 unspecified atom stereocenters. The Morgan fingerprint density at radius 3 is 1.36 bits per heavy atom. The average molecular weight is 837 g/mol. The predicted molar refractivity (Wildman–Crippen MR) is 215 cm³/mol. The van der Waals surface area contributed by atoms with Crippen molar-refractivity contribution < 1.29 is 57.4 Å². The third kappa shape index (κ3) is 7.36. The van der Waals surface area contributed by atoms with Crippen molar-refractivity contribution in [1.82, 2.24) is 20.1 Å². The van der Waals surface area contributed by atoms with Gasteiger partial charge in [-0.3, -0.25) is 29.0 Å². The van der Waals surface area contributed by atoms with E-state index in [1.165, 1.54) is 12.2 Å². The number of fused-ring (bicyclic) bond motifs is 4. The second-order valence-electron chi connectivity index (χ2n) is 15.6. The molecule has 2 aromatic carbocycles. The van der Waals surface area contributed by atoms with Gasteiger partial charge in [0.05, 0.1) is 38.5 Å². The lowest BCUT2D eigenvalue weighted by molar-refractivity contribution is -0.139. The van der Waals surface area contributed by atoms with E-state index in [1.807, 2.05) is 60.7 Å². The first kappa shape index (κ1) is 42.1. The van der Waals surface area contributed by atoms with Gasteiger partial charge in [0, 0.05) is 38.0 Å². The van der Waals surface area contributed by atoms with Gasteiger partial charge >= 0.3 is 0 Å². The number of carbonyl (C=O) groups is 4. The van der Waals surface area contributed by atoms with Gasteiger partial charge in [0.2, 0.25) is 11.6 Å². The Morgan fingerprint density at radius 1 is 0.607 bits per heavy atom. The molecule has 2 saturated heterocycles. The van der Waals surface area contributed by atoms with Crippen molar-refractivity contribution in [3.05, 3.63) is 119 Å². The fourth-order valence-electron chi connectivity index (χ4n) is 9.22. The summed E-state index contributed by atoms with van der Waals surface area (Å²) >= 11 is 0. The number of carbonyl (C=O) groups excluding carboxylic acids is 4. The maximum Gasteiger partial charge on any atom is 0.265 e. The second-order valence-corrected chi connectivity index (χ2v) is 15.6. The van der Waals surface area contributed by atoms with Gasteiger partial charge < -0.3 is 38.2 Å². The summed E-state index contributed by atoms with van der Waals surface area (Å²) in [4.78, 5) is 56.4. The third-order valence-electron chi connectivity index (χ3n) is 12.3. The normalized spacial score (nSPS) is 28.4. The molecule has 10 rings (SSSR count). The number of allylic oxidation sites excluding steroid dienone is 2. The first-order valence-electron chi connectivity index (χ1n) is 20.1. The summed E-state index contributed by atoms with van der Waals surface area (Å²) in [5.41, 5.74) is -2.39. The van der Waals surface area contributed by atoms with E-state index in [-0.39, 0.29) is 43.5 Å². The maximum absolute atomic E-state index is 13.4. The summed E-state index contributed by atoms with van der Waals surface area (Å²) in [6.07, 6.45) is 6.75. The monoisotopic (exact) mass is 836 g/mol. The average Bonchev–Trinajstić information content (AvgIpc) is 3.91. The smallest absolute Gasteiger partial charge is 0.265 e. The summed E-state index contributed by atoms with van der Waals surface area (Å²) in [5.74, 6) is -3.21. The van der Waals surface area contributed by atoms with E-state index in [2.05, 4.69) is 20.1 Å². The number of nitrogens with zero attached hydrogens (tertiary/aromatic N) is 4. The standard InChI is InChI=1S/2C22H22N2O6.CH4/c2*25-16-8-4-7-15-18(24-9-11-28-12-10-24)19-17(20(26)22(15,16)27)21(23-30-19)29-13-14-5-2-1-3-6-14;/h2*1-6,8,15,18,27H,7,9-13H2;1H4/t15?,18-,22+;15?,18-,22-;/m00./s1. The van der Waals surface area contributed by atoms with E-state index >= 15 is 0 Å².